The Bertz CT molecular complexity index is 1510. The number of nitrogens with zero attached hydrogens (tertiary/aromatic N) is 3. The number of benzene rings is 3. The summed E-state index contributed by atoms with van der Waals surface area (Å²) in [7, 11) is 0. The molecule has 2 aliphatic rings. The molecule has 0 saturated carbocycles. The highest BCUT2D eigenvalue weighted by molar-refractivity contribution is 8.27. The average molecular weight is 553 g/mol. The van der Waals surface area contributed by atoms with Gasteiger partial charge in [0.05, 0.1) is 18.8 Å². The molecule has 5 rings (SSSR count). The van der Waals surface area contributed by atoms with Crippen LogP contribution in [0.2, 0.25) is 0 Å². The van der Waals surface area contributed by atoms with Crippen LogP contribution in [-0.2, 0) is 4.79 Å². The zero-order valence-corrected chi connectivity index (χ0v) is 23.7. The first-order valence-corrected chi connectivity index (χ1v) is 14.3. The van der Waals surface area contributed by atoms with E-state index in [1.165, 1.54) is 22.3 Å². The molecule has 8 heteroatoms. The number of para-hydroxylation sites is 1. The lowest BCUT2D eigenvalue weighted by Gasteiger charge is -2.20. The molecule has 1 unspecified atom stereocenters. The Hall–Kier alpha value is -4.17. The van der Waals surface area contributed by atoms with Crippen LogP contribution in [0.3, 0.4) is 0 Å². The summed E-state index contributed by atoms with van der Waals surface area (Å²) in [6.45, 7) is 7.51. The number of aliphatic imine (C=N–C) groups is 1. The second-order valence-corrected chi connectivity index (χ2v) is 10.7. The van der Waals surface area contributed by atoms with Gasteiger partial charge in [0, 0.05) is 12.0 Å². The van der Waals surface area contributed by atoms with Crippen molar-refractivity contribution in [1.29, 1.82) is 5.41 Å². The average Bonchev–Trinajstić information content (AvgIpc) is 3.39. The van der Waals surface area contributed by atoms with Crippen LogP contribution in [0.4, 0.5) is 0 Å². The Labute approximate surface area is 239 Å². The SMILES string of the molecule is CCC(C)c1ccccc1OCCCOc1ccc(/C=C2/C(=N)N3N=C(c4ccccc4C)SC3=NC2=O)cc1. The summed E-state index contributed by atoms with van der Waals surface area (Å²) in [4.78, 5) is 17.0. The molecule has 1 atom stereocenters. The van der Waals surface area contributed by atoms with E-state index in [0.717, 1.165) is 46.1 Å². The maximum Gasteiger partial charge on any atom is 0.283 e. The van der Waals surface area contributed by atoms with Crippen LogP contribution < -0.4 is 9.47 Å². The van der Waals surface area contributed by atoms with Gasteiger partial charge in [-0.2, -0.15) is 15.1 Å². The van der Waals surface area contributed by atoms with E-state index in [1.807, 2.05) is 67.6 Å². The molecule has 0 aliphatic carbocycles. The highest BCUT2D eigenvalue weighted by Gasteiger charge is 2.36. The molecule has 0 saturated heterocycles. The maximum atomic E-state index is 12.8. The van der Waals surface area contributed by atoms with Crippen molar-refractivity contribution in [2.24, 2.45) is 10.1 Å². The third kappa shape index (κ3) is 6.02. The Morgan fingerprint density at radius 2 is 1.73 bits per heavy atom. The van der Waals surface area contributed by atoms with Crippen molar-refractivity contribution in [2.75, 3.05) is 13.2 Å². The molecule has 204 valence electrons. The number of amides is 1. The third-order valence-electron chi connectivity index (χ3n) is 6.90. The minimum Gasteiger partial charge on any atom is -0.493 e. The van der Waals surface area contributed by atoms with Crippen LogP contribution in [0, 0.1) is 12.3 Å². The summed E-state index contributed by atoms with van der Waals surface area (Å²) in [5, 5.41) is 15.8. The quantitative estimate of drug-likeness (QED) is 0.216. The lowest BCUT2D eigenvalue weighted by atomic mass is 9.98. The fraction of sp³-hybridized carbons (Fsp3) is 0.250. The summed E-state index contributed by atoms with van der Waals surface area (Å²) < 4.78 is 11.9. The Balaban J connectivity index is 1.17. The molecule has 3 aromatic carbocycles. The Morgan fingerprint density at radius 3 is 2.50 bits per heavy atom. The van der Waals surface area contributed by atoms with Gasteiger partial charge in [0.15, 0.2) is 5.84 Å². The molecule has 1 amide bonds. The molecule has 0 fully saturated rings. The number of carbonyl (C=O) groups is 1. The molecular formula is C32H32N4O3S. The van der Waals surface area contributed by atoms with Crippen molar-refractivity contribution < 1.29 is 14.3 Å². The number of hydrazone groups is 1. The van der Waals surface area contributed by atoms with Gasteiger partial charge in [-0.25, -0.2) is 0 Å². The molecule has 0 radical (unpaired) electrons. The van der Waals surface area contributed by atoms with Crippen molar-refractivity contribution in [3.05, 3.63) is 101 Å². The fourth-order valence-electron chi connectivity index (χ4n) is 4.41. The molecule has 40 heavy (non-hydrogen) atoms. The van der Waals surface area contributed by atoms with E-state index < -0.39 is 5.91 Å². The zero-order valence-electron chi connectivity index (χ0n) is 22.9. The van der Waals surface area contributed by atoms with Gasteiger partial charge in [-0.3, -0.25) is 10.2 Å². The molecule has 0 aromatic heterocycles. The van der Waals surface area contributed by atoms with E-state index in [1.54, 1.807) is 6.08 Å². The van der Waals surface area contributed by atoms with Crippen LogP contribution in [0.15, 0.2) is 88.5 Å². The van der Waals surface area contributed by atoms with Gasteiger partial charge < -0.3 is 9.47 Å². The smallest absolute Gasteiger partial charge is 0.283 e. The number of nitrogens with one attached hydrogen (secondary N) is 1. The van der Waals surface area contributed by atoms with Crippen LogP contribution >= 0.6 is 11.8 Å². The number of carbonyl (C=O) groups excluding carboxylic acids is 1. The van der Waals surface area contributed by atoms with Gasteiger partial charge in [0.25, 0.3) is 5.91 Å². The number of hydrogen-bond acceptors (Lipinski definition) is 6. The van der Waals surface area contributed by atoms with Gasteiger partial charge in [-0.15, -0.1) is 0 Å². The van der Waals surface area contributed by atoms with E-state index in [-0.39, 0.29) is 11.4 Å². The second kappa shape index (κ2) is 12.3. The Morgan fingerprint density at radius 1 is 1.00 bits per heavy atom. The first kappa shape index (κ1) is 27.4. The van der Waals surface area contributed by atoms with Crippen molar-refractivity contribution >= 4 is 39.8 Å². The first-order valence-electron chi connectivity index (χ1n) is 13.5. The Kier molecular flexibility index (Phi) is 8.45. The number of ether oxygens (including phenoxy) is 2. The summed E-state index contributed by atoms with van der Waals surface area (Å²) in [5.74, 6) is 1.70. The molecule has 1 N–H and O–H groups in total. The van der Waals surface area contributed by atoms with Gasteiger partial charge in [-0.1, -0.05) is 68.4 Å². The molecule has 2 aliphatic heterocycles. The summed E-state index contributed by atoms with van der Waals surface area (Å²) in [6, 6.07) is 23.6. The minimum atomic E-state index is -0.444. The van der Waals surface area contributed by atoms with Crippen LogP contribution in [0.1, 0.15) is 54.9 Å². The van der Waals surface area contributed by atoms with E-state index >= 15 is 0 Å². The lowest BCUT2D eigenvalue weighted by molar-refractivity contribution is -0.114. The van der Waals surface area contributed by atoms with Crippen molar-refractivity contribution in [2.45, 2.75) is 39.5 Å². The maximum absolute atomic E-state index is 12.8. The molecule has 7 nitrogen and oxygen atoms in total. The highest BCUT2D eigenvalue weighted by atomic mass is 32.2. The normalized spacial score (nSPS) is 16.5. The van der Waals surface area contributed by atoms with Crippen molar-refractivity contribution in [3.63, 3.8) is 0 Å². The van der Waals surface area contributed by atoms with Crippen molar-refractivity contribution in [3.8, 4) is 11.5 Å². The standard InChI is InChI=1S/C32H32N4O3S/c1-4-21(2)25-11-7-8-13-28(25)39-19-9-18-38-24-16-14-23(15-17-24)20-27-29(33)36-32(34-30(27)37)40-31(35-36)26-12-6-5-10-22(26)3/h5-8,10-17,20-21,33H,4,9,18-19H2,1-3H3/b27-20-,33-29?. The van der Waals surface area contributed by atoms with E-state index in [2.05, 4.69) is 36.1 Å². The predicted octanol–water partition coefficient (Wildman–Crippen LogP) is 7.02. The van der Waals surface area contributed by atoms with Gasteiger partial charge in [-0.05, 0) is 72.0 Å². The summed E-state index contributed by atoms with van der Waals surface area (Å²) in [5.41, 5.74) is 4.25. The van der Waals surface area contributed by atoms with Crippen LogP contribution in [0.25, 0.3) is 6.08 Å². The number of aryl methyl sites for hydroxylation is 1. The van der Waals surface area contributed by atoms with Crippen LogP contribution in [-0.4, -0.2) is 40.2 Å². The lowest BCUT2D eigenvalue weighted by Crippen LogP contribution is -2.35. The van der Waals surface area contributed by atoms with E-state index in [0.29, 0.717) is 24.3 Å². The number of fused-ring (bicyclic) bond motifs is 1. The molecule has 3 aromatic rings. The van der Waals surface area contributed by atoms with Crippen LogP contribution in [0.5, 0.6) is 11.5 Å². The number of thioether (sulfide) groups is 1. The number of hydrogen-bond donors (Lipinski definition) is 1. The van der Waals surface area contributed by atoms with Gasteiger partial charge in [0.2, 0.25) is 5.17 Å². The fourth-order valence-corrected chi connectivity index (χ4v) is 5.39. The largest absolute Gasteiger partial charge is 0.493 e. The molecular weight excluding hydrogens is 520 g/mol. The monoisotopic (exact) mass is 552 g/mol. The van der Waals surface area contributed by atoms with E-state index in [9.17, 15) is 4.79 Å². The summed E-state index contributed by atoms with van der Waals surface area (Å²) >= 11 is 1.30. The number of rotatable bonds is 10. The highest BCUT2D eigenvalue weighted by Crippen LogP contribution is 2.32. The topological polar surface area (TPSA) is 87.3 Å². The molecule has 2 heterocycles. The van der Waals surface area contributed by atoms with Gasteiger partial charge >= 0.3 is 0 Å². The number of amidine groups is 2. The predicted molar refractivity (Wildman–Crippen MR) is 162 cm³/mol. The second-order valence-electron chi connectivity index (χ2n) is 9.71. The van der Waals surface area contributed by atoms with Crippen molar-refractivity contribution in [1.82, 2.24) is 5.01 Å². The zero-order chi connectivity index (χ0) is 28.1. The van der Waals surface area contributed by atoms with Gasteiger partial charge in [0.1, 0.15) is 16.5 Å². The summed E-state index contributed by atoms with van der Waals surface area (Å²) in [6.07, 6.45) is 3.49. The minimum absolute atomic E-state index is 0.0151. The third-order valence-corrected chi connectivity index (χ3v) is 7.84. The van der Waals surface area contributed by atoms with E-state index in [4.69, 9.17) is 14.9 Å². The molecule has 0 bridgehead atoms. The first-order chi connectivity index (χ1) is 19.4. The molecule has 0 spiro atoms.